The monoisotopic (exact) mass is 652 g/mol. The molecule has 0 aliphatic rings. The zero-order valence-corrected chi connectivity index (χ0v) is 28.7. The molecule has 0 bridgehead atoms. The van der Waals surface area contributed by atoms with Crippen molar-refractivity contribution in [1.29, 1.82) is 0 Å². The molecule has 40 heavy (non-hydrogen) atoms. The zero-order valence-electron chi connectivity index (χ0n) is 25.3. The van der Waals surface area contributed by atoms with Crippen molar-refractivity contribution in [3.63, 3.8) is 0 Å². The summed E-state index contributed by atoms with van der Waals surface area (Å²) in [7, 11) is -0.942. The van der Waals surface area contributed by atoms with Crippen molar-refractivity contribution in [1.82, 2.24) is 9.13 Å². The number of thiophene rings is 1. The van der Waals surface area contributed by atoms with E-state index >= 15 is 0 Å². The van der Waals surface area contributed by atoms with Crippen LogP contribution in [0.3, 0.4) is 0 Å². The molecular formula is C29H41BrN2O6SSi. The number of para-hydroxylation sites is 1. The first-order valence-corrected chi connectivity index (χ1v) is 17.8. The fourth-order valence-electron chi connectivity index (χ4n) is 4.22. The lowest BCUT2D eigenvalue weighted by Gasteiger charge is -2.38. The van der Waals surface area contributed by atoms with E-state index in [2.05, 4.69) is 15.9 Å². The van der Waals surface area contributed by atoms with Crippen LogP contribution in [-0.2, 0) is 26.0 Å². The summed E-state index contributed by atoms with van der Waals surface area (Å²) >= 11 is 4.87. The van der Waals surface area contributed by atoms with Gasteiger partial charge in [0.1, 0.15) is 22.2 Å². The van der Waals surface area contributed by atoms with Crippen molar-refractivity contribution in [2.24, 2.45) is 0 Å². The lowest BCUT2D eigenvalue weighted by Crippen LogP contribution is -2.56. The Hall–Kier alpha value is -2.21. The van der Waals surface area contributed by atoms with E-state index in [0.29, 0.717) is 21.5 Å². The molecule has 0 fully saturated rings. The van der Waals surface area contributed by atoms with Gasteiger partial charge in [-0.05, 0) is 80.3 Å². The summed E-state index contributed by atoms with van der Waals surface area (Å²) in [6.45, 7) is 18.9. The van der Waals surface area contributed by atoms with E-state index in [1.165, 1.54) is 11.3 Å². The number of aryl methyl sites for hydroxylation is 1. The van der Waals surface area contributed by atoms with Gasteiger partial charge in [-0.3, -0.25) is 14.2 Å². The molecule has 0 unspecified atom stereocenters. The molecule has 0 saturated carbocycles. The normalized spacial score (nSPS) is 13.6. The molecule has 2 aromatic heterocycles. The van der Waals surface area contributed by atoms with Gasteiger partial charge in [-0.25, -0.2) is 9.36 Å². The number of aromatic nitrogens is 2. The van der Waals surface area contributed by atoms with E-state index in [-0.39, 0.29) is 17.7 Å². The molecule has 11 heteroatoms. The van der Waals surface area contributed by atoms with E-state index in [4.69, 9.17) is 13.9 Å². The largest absolute Gasteiger partial charge is 0.517 e. The minimum Gasteiger partial charge on any atom is -0.517 e. The van der Waals surface area contributed by atoms with Crippen LogP contribution in [0.4, 0.5) is 0 Å². The van der Waals surface area contributed by atoms with Gasteiger partial charge in [-0.2, -0.15) is 0 Å². The van der Waals surface area contributed by atoms with Gasteiger partial charge in [0.25, 0.3) is 13.9 Å². The summed E-state index contributed by atoms with van der Waals surface area (Å²) < 4.78 is 21.3. The smallest absolute Gasteiger partial charge is 0.333 e. The second kappa shape index (κ2) is 11.6. The molecule has 0 aliphatic heterocycles. The Bertz CT molecular complexity index is 1530. The Labute approximate surface area is 249 Å². The van der Waals surface area contributed by atoms with Gasteiger partial charge in [0, 0.05) is 5.56 Å². The molecule has 1 atom stereocenters. The first-order valence-electron chi connectivity index (χ1n) is 13.3. The molecule has 0 amide bonds. The molecule has 220 valence electrons. The maximum absolute atomic E-state index is 14.3. The summed E-state index contributed by atoms with van der Waals surface area (Å²) in [6, 6.07) is 7.51. The second-order valence-electron chi connectivity index (χ2n) is 12.3. The van der Waals surface area contributed by atoms with Gasteiger partial charge >= 0.3 is 11.7 Å². The highest BCUT2D eigenvalue weighted by molar-refractivity contribution is 9.11. The van der Waals surface area contributed by atoms with Crippen molar-refractivity contribution in [3.05, 3.63) is 60.0 Å². The third-order valence-electron chi connectivity index (χ3n) is 7.64. The van der Waals surface area contributed by atoms with Crippen LogP contribution in [0.1, 0.15) is 65.7 Å². The van der Waals surface area contributed by atoms with E-state index in [1.54, 1.807) is 25.5 Å². The predicted octanol–water partition coefficient (Wildman–Crippen LogP) is 6.75. The van der Waals surface area contributed by atoms with Crippen LogP contribution in [0.25, 0.3) is 10.2 Å². The Morgan fingerprint density at radius 2 is 1.70 bits per heavy atom. The molecule has 0 radical (unpaired) electrons. The Kier molecular flexibility index (Phi) is 9.35. The SMILES string of the molecule is COc1ccccc1[C@@H](Cn1c(=O)n(C(C)(C)C(=O)O[Si](C)(C)C(C)(C)C)c(=O)c2c(C)c(Br)sc21)OC(C)C. The molecule has 3 rings (SSSR count). The number of hydrogen-bond donors (Lipinski definition) is 0. The maximum Gasteiger partial charge on any atom is 0.333 e. The summed E-state index contributed by atoms with van der Waals surface area (Å²) in [6.07, 6.45) is -0.716. The second-order valence-corrected chi connectivity index (χ2v) is 19.4. The van der Waals surface area contributed by atoms with E-state index in [1.807, 2.05) is 78.9 Å². The number of hydrogen-bond acceptors (Lipinski definition) is 7. The molecule has 0 aliphatic carbocycles. The van der Waals surface area contributed by atoms with Gasteiger partial charge in [-0.15, -0.1) is 11.3 Å². The van der Waals surface area contributed by atoms with Crippen molar-refractivity contribution in [2.45, 2.75) is 97.8 Å². The molecule has 2 heterocycles. The number of nitrogens with zero attached hydrogens (tertiary/aromatic N) is 2. The highest BCUT2D eigenvalue weighted by atomic mass is 79.9. The van der Waals surface area contributed by atoms with Crippen LogP contribution in [0.5, 0.6) is 5.75 Å². The number of ether oxygens (including phenoxy) is 2. The fourth-order valence-corrected chi connectivity index (χ4v) is 6.92. The third-order valence-corrected chi connectivity index (χ3v) is 14.1. The van der Waals surface area contributed by atoms with Gasteiger partial charge < -0.3 is 13.9 Å². The molecule has 0 spiro atoms. The van der Waals surface area contributed by atoms with Crippen LogP contribution in [0.15, 0.2) is 37.6 Å². The van der Waals surface area contributed by atoms with Gasteiger partial charge in [-0.1, -0.05) is 39.0 Å². The van der Waals surface area contributed by atoms with Crippen molar-refractivity contribution >= 4 is 51.8 Å². The summed E-state index contributed by atoms with van der Waals surface area (Å²) in [4.78, 5) is 42.5. The molecule has 3 aromatic rings. The highest BCUT2D eigenvalue weighted by Crippen LogP contribution is 2.38. The predicted molar refractivity (Wildman–Crippen MR) is 167 cm³/mol. The summed E-state index contributed by atoms with van der Waals surface area (Å²) in [5, 5.41) is 0.145. The third kappa shape index (κ3) is 6.02. The zero-order chi connectivity index (χ0) is 30.4. The minimum absolute atomic E-state index is 0.105. The minimum atomic E-state index is -2.53. The van der Waals surface area contributed by atoms with E-state index in [9.17, 15) is 14.4 Å². The first-order chi connectivity index (χ1) is 18.3. The van der Waals surface area contributed by atoms with Crippen LogP contribution in [-0.4, -0.2) is 36.6 Å². The lowest BCUT2D eigenvalue weighted by molar-refractivity contribution is -0.144. The Balaban J connectivity index is 2.30. The fraction of sp³-hybridized carbons (Fsp3) is 0.552. The average Bonchev–Trinajstić information content (AvgIpc) is 3.13. The van der Waals surface area contributed by atoms with Crippen molar-refractivity contribution in [3.8, 4) is 5.75 Å². The molecule has 8 nitrogen and oxygen atoms in total. The van der Waals surface area contributed by atoms with Crippen molar-refractivity contribution < 1.29 is 18.7 Å². The standard InChI is InChI=1S/C29H41BrN2O6SSi/c1-17(2)37-21(19-14-12-13-15-20(19)36-9)16-31-25-22(18(3)23(30)39-25)24(33)32(27(31)35)29(7,8)26(34)38-40(10,11)28(4,5)6/h12-15,17,21H,16H2,1-11H3/t21-/m1/s1. The number of rotatable bonds is 9. The Morgan fingerprint density at radius 1 is 1.10 bits per heavy atom. The average molecular weight is 654 g/mol. The number of methoxy groups -OCH3 is 1. The quantitative estimate of drug-likeness (QED) is 0.238. The number of fused-ring (bicyclic) bond motifs is 1. The number of carbonyl (C=O) groups is 1. The van der Waals surface area contributed by atoms with Crippen molar-refractivity contribution in [2.75, 3.05) is 7.11 Å². The summed E-state index contributed by atoms with van der Waals surface area (Å²) in [5.74, 6) is 0.0310. The molecular weight excluding hydrogens is 612 g/mol. The van der Waals surface area contributed by atoms with Crippen LogP contribution in [0.2, 0.25) is 18.1 Å². The van der Waals surface area contributed by atoms with Crippen LogP contribution < -0.4 is 16.0 Å². The molecule has 0 saturated heterocycles. The lowest BCUT2D eigenvalue weighted by atomic mass is 10.1. The van der Waals surface area contributed by atoms with Gasteiger partial charge in [0.2, 0.25) is 0 Å². The van der Waals surface area contributed by atoms with Gasteiger partial charge in [0.05, 0.1) is 28.9 Å². The maximum atomic E-state index is 14.3. The van der Waals surface area contributed by atoms with Crippen LogP contribution in [0, 0.1) is 6.92 Å². The Morgan fingerprint density at radius 3 is 2.25 bits per heavy atom. The van der Waals surface area contributed by atoms with Crippen LogP contribution >= 0.6 is 27.3 Å². The number of benzene rings is 1. The summed E-state index contributed by atoms with van der Waals surface area (Å²) in [5.41, 5.74) is -1.19. The number of halogens is 1. The number of carbonyl (C=O) groups excluding carboxylic acids is 1. The first kappa shape index (κ1) is 32.3. The molecule has 1 aromatic carbocycles. The van der Waals surface area contributed by atoms with E-state index in [0.717, 1.165) is 13.9 Å². The van der Waals surface area contributed by atoms with Gasteiger partial charge in [0.15, 0.2) is 0 Å². The molecule has 0 N–H and O–H groups in total. The highest BCUT2D eigenvalue weighted by Gasteiger charge is 2.45. The van der Waals surface area contributed by atoms with E-state index < -0.39 is 37.2 Å². The topological polar surface area (TPSA) is 88.8 Å².